The van der Waals surface area contributed by atoms with Crippen molar-refractivity contribution in [2.45, 2.75) is 32.4 Å². The summed E-state index contributed by atoms with van der Waals surface area (Å²) in [5, 5.41) is 8.00. The maximum absolute atomic E-state index is 5.73. The summed E-state index contributed by atoms with van der Waals surface area (Å²) in [5.74, 6) is 0.691. The van der Waals surface area contributed by atoms with Gasteiger partial charge in [-0.05, 0) is 41.7 Å². The van der Waals surface area contributed by atoms with Gasteiger partial charge < -0.3 is 10.1 Å². The molecular formula is C16H21NOS2. The molecule has 4 heteroatoms. The Morgan fingerprint density at radius 1 is 1.40 bits per heavy atom. The van der Waals surface area contributed by atoms with E-state index in [2.05, 4.69) is 41.2 Å². The van der Waals surface area contributed by atoms with Crippen LogP contribution >= 0.6 is 22.7 Å². The number of rotatable bonds is 6. The lowest BCUT2D eigenvalue weighted by atomic mass is 10.00. The minimum absolute atomic E-state index is 0.465. The standard InChI is InChI=1S/C16H21NOS2/c1-2-15-12(5-6-18-15)9-17-10-14-8-13(11-20-14)16-4-3-7-19-16/h3-4,7-8,11-12,15,17H,2,5-6,9-10H2,1H3. The molecule has 1 saturated heterocycles. The second-order valence-corrected chi connectivity index (χ2v) is 7.22. The molecule has 0 aromatic carbocycles. The van der Waals surface area contributed by atoms with Crippen molar-refractivity contribution in [3.8, 4) is 10.4 Å². The first-order chi connectivity index (χ1) is 9.86. The van der Waals surface area contributed by atoms with Crippen LogP contribution in [0.5, 0.6) is 0 Å². The summed E-state index contributed by atoms with van der Waals surface area (Å²) in [6, 6.07) is 6.61. The molecule has 108 valence electrons. The minimum atomic E-state index is 0.465. The van der Waals surface area contributed by atoms with E-state index in [1.165, 1.54) is 21.7 Å². The molecule has 20 heavy (non-hydrogen) atoms. The summed E-state index contributed by atoms with van der Waals surface area (Å²) < 4.78 is 5.73. The van der Waals surface area contributed by atoms with Crippen LogP contribution in [0, 0.1) is 5.92 Å². The molecule has 3 heterocycles. The van der Waals surface area contributed by atoms with Crippen LogP contribution in [0.4, 0.5) is 0 Å². The summed E-state index contributed by atoms with van der Waals surface area (Å²) in [4.78, 5) is 2.78. The Labute approximate surface area is 128 Å². The molecule has 0 spiro atoms. The third kappa shape index (κ3) is 3.31. The zero-order valence-corrected chi connectivity index (χ0v) is 13.4. The lowest BCUT2D eigenvalue weighted by Crippen LogP contribution is -2.27. The monoisotopic (exact) mass is 307 g/mol. The number of ether oxygens (including phenoxy) is 1. The van der Waals surface area contributed by atoms with E-state index in [0.29, 0.717) is 12.0 Å². The van der Waals surface area contributed by atoms with E-state index in [1.807, 2.05) is 11.3 Å². The fourth-order valence-electron chi connectivity index (χ4n) is 2.80. The largest absolute Gasteiger partial charge is 0.378 e. The van der Waals surface area contributed by atoms with Crippen LogP contribution in [0.15, 0.2) is 29.0 Å². The van der Waals surface area contributed by atoms with Crippen LogP contribution in [0.2, 0.25) is 0 Å². The summed E-state index contributed by atoms with van der Waals surface area (Å²) in [6.45, 7) is 5.20. The molecule has 2 nitrogen and oxygen atoms in total. The van der Waals surface area contributed by atoms with Gasteiger partial charge in [0.25, 0.3) is 0 Å². The Morgan fingerprint density at radius 3 is 3.15 bits per heavy atom. The highest BCUT2D eigenvalue weighted by molar-refractivity contribution is 7.14. The van der Waals surface area contributed by atoms with Gasteiger partial charge >= 0.3 is 0 Å². The van der Waals surface area contributed by atoms with Crippen molar-refractivity contribution in [2.75, 3.05) is 13.2 Å². The highest BCUT2D eigenvalue weighted by Crippen LogP contribution is 2.29. The van der Waals surface area contributed by atoms with E-state index in [1.54, 1.807) is 11.3 Å². The molecule has 1 fully saturated rings. The van der Waals surface area contributed by atoms with Crippen molar-refractivity contribution in [2.24, 2.45) is 5.92 Å². The molecule has 2 unspecified atom stereocenters. The fraction of sp³-hybridized carbons (Fsp3) is 0.500. The van der Waals surface area contributed by atoms with Crippen LogP contribution in [0.25, 0.3) is 10.4 Å². The van der Waals surface area contributed by atoms with Gasteiger partial charge in [0.05, 0.1) is 6.10 Å². The molecule has 2 atom stereocenters. The first-order valence-electron chi connectivity index (χ1n) is 7.30. The van der Waals surface area contributed by atoms with Crippen LogP contribution in [-0.2, 0) is 11.3 Å². The summed E-state index contributed by atoms with van der Waals surface area (Å²) in [6.07, 6.45) is 2.80. The first-order valence-corrected chi connectivity index (χ1v) is 9.06. The molecule has 0 bridgehead atoms. The minimum Gasteiger partial charge on any atom is -0.378 e. The summed E-state index contributed by atoms with van der Waals surface area (Å²) >= 11 is 3.66. The van der Waals surface area contributed by atoms with E-state index in [0.717, 1.165) is 26.1 Å². The fourth-order valence-corrected chi connectivity index (χ4v) is 4.45. The van der Waals surface area contributed by atoms with Crippen molar-refractivity contribution in [3.05, 3.63) is 33.8 Å². The Balaban J connectivity index is 1.49. The van der Waals surface area contributed by atoms with Gasteiger partial charge in [0.15, 0.2) is 0 Å². The van der Waals surface area contributed by atoms with Gasteiger partial charge in [0, 0.05) is 35.0 Å². The van der Waals surface area contributed by atoms with E-state index in [9.17, 15) is 0 Å². The SMILES string of the molecule is CCC1OCCC1CNCc1cc(-c2cccs2)cs1. The average molecular weight is 307 g/mol. The number of thiophene rings is 2. The van der Waals surface area contributed by atoms with Crippen molar-refractivity contribution >= 4 is 22.7 Å². The maximum atomic E-state index is 5.73. The van der Waals surface area contributed by atoms with Crippen molar-refractivity contribution in [1.82, 2.24) is 5.32 Å². The van der Waals surface area contributed by atoms with Gasteiger partial charge in [-0.15, -0.1) is 22.7 Å². The highest BCUT2D eigenvalue weighted by atomic mass is 32.1. The normalized spacial score (nSPS) is 22.4. The van der Waals surface area contributed by atoms with Gasteiger partial charge in [-0.1, -0.05) is 13.0 Å². The predicted molar refractivity (Wildman–Crippen MR) is 87.5 cm³/mol. The number of hydrogen-bond donors (Lipinski definition) is 1. The first kappa shape index (κ1) is 14.3. The molecule has 3 rings (SSSR count). The van der Waals surface area contributed by atoms with E-state index in [-0.39, 0.29) is 0 Å². The van der Waals surface area contributed by atoms with Gasteiger partial charge in [0.2, 0.25) is 0 Å². The Bertz CT molecular complexity index is 520. The molecule has 0 saturated carbocycles. The van der Waals surface area contributed by atoms with Crippen LogP contribution in [0.3, 0.4) is 0 Å². The van der Waals surface area contributed by atoms with Gasteiger partial charge in [0.1, 0.15) is 0 Å². The zero-order chi connectivity index (χ0) is 13.8. The van der Waals surface area contributed by atoms with Gasteiger partial charge in [-0.2, -0.15) is 0 Å². The molecule has 2 aromatic heterocycles. The molecule has 0 amide bonds. The molecule has 1 N–H and O–H groups in total. The lowest BCUT2D eigenvalue weighted by Gasteiger charge is -2.16. The van der Waals surface area contributed by atoms with Crippen LogP contribution in [0.1, 0.15) is 24.6 Å². The van der Waals surface area contributed by atoms with E-state index < -0.39 is 0 Å². The lowest BCUT2D eigenvalue weighted by molar-refractivity contribution is 0.0872. The average Bonchev–Trinajstić information content (AvgIpc) is 3.20. The van der Waals surface area contributed by atoms with E-state index >= 15 is 0 Å². The quantitative estimate of drug-likeness (QED) is 0.855. The molecule has 1 aliphatic heterocycles. The topological polar surface area (TPSA) is 21.3 Å². The van der Waals surface area contributed by atoms with Gasteiger partial charge in [-0.25, -0.2) is 0 Å². The predicted octanol–water partition coefficient (Wildman–Crippen LogP) is 4.38. The molecule has 2 aromatic rings. The molecule has 1 aliphatic rings. The smallest absolute Gasteiger partial charge is 0.0613 e. The Morgan fingerprint density at radius 2 is 2.35 bits per heavy atom. The Kier molecular flexibility index (Phi) is 4.89. The van der Waals surface area contributed by atoms with Crippen LogP contribution in [-0.4, -0.2) is 19.3 Å². The zero-order valence-electron chi connectivity index (χ0n) is 11.8. The van der Waals surface area contributed by atoms with Crippen molar-refractivity contribution < 1.29 is 4.74 Å². The van der Waals surface area contributed by atoms with Crippen molar-refractivity contribution in [3.63, 3.8) is 0 Å². The molecular weight excluding hydrogens is 286 g/mol. The number of hydrogen-bond acceptors (Lipinski definition) is 4. The second-order valence-electron chi connectivity index (χ2n) is 5.28. The summed E-state index contributed by atoms with van der Waals surface area (Å²) in [5.41, 5.74) is 1.36. The van der Waals surface area contributed by atoms with Crippen LogP contribution < -0.4 is 5.32 Å². The molecule has 0 aliphatic carbocycles. The number of nitrogens with one attached hydrogen (secondary N) is 1. The van der Waals surface area contributed by atoms with Crippen molar-refractivity contribution in [1.29, 1.82) is 0 Å². The summed E-state index contributed by atoms with van der Waals surface area (Å²) in [7, 11) is 0. The third-order valence-electron chi connectivity index (χ3n) is 3.91. The highest BCUT2D eigenvalue weighted by Gasteiger charge is 2.25. The molecule has 0 radical (unpaired) electrons. The second kappa shape index (κ2) is 6.85. The van der Waals surface area contributed by atoms with E-state index in [4.69, 9.17) is 4.74 Å². The Hall–Kier alpha value is -0.680. The maximum Gasteiger partial charge on any atom is 0.0613 e. The third-order valence-corrected chi connectivity index (χ3v) is 5.77. The van der Waals surface area contributed by atoms with Gasteiger partial charge in [-0.3, -0.25) is 0 Å².